The Morgan fingerprint density at radius 1 is 0.735 bits per heavy atom. The van der Waals surface area contributed by atoms with Crippen LogP contribution in [0.2, 0.25) is 5.02 Å². The summed E-state index contributed by atoms with van der Waals surface area (Å²) in [7, 11) is 0. The Morgan fingerprint density at radius 3 is 1.65 bits per heavy atom. The number of esters is 2. The highest BCUT2D eigenvalue weighted by Gasteiger charge is 2.22. The van der Waals surface area contributed by atoms with E-state index in [4.69, 9.17) is 21.1 Å². The Bertz CT molecular complexity index is 1010. The lowest BCUT2D eigenvalue weighted by molar-refractivity contribution is -0.833. The second-order valence-corrected chi connectivity index (χ2v) is 10.4. The first-order valence-corrected chi connectivity index (χ1v) is 13.6. The molecule has 0 saturated heterocycles. The van der Waals surface area contributed by atoms with E-state index in [0.29, 0.717) is 18.1 Å². The second kappa shape index (κ2) is 14.0. The summed E-state index contributed by atoms with van der Waals surface area (Å²) in [5, 5.41) is 0.622. The van der Waals surface area contributed by atoms with Gasteiger partial charge in [0.2, 0.25) is 0 Å². The van der Waals surface area contributed by atoms with Crippen molar-refractivity contribution in [2.75, 3.05) is 26.3 Å². The molecule has 3 aromatic carbocycles. The number of ether oxygens (including phenoxy) is 2. The number of quaternary nitrogens is 1. The molecule has 0 aliphatic rings. The molecule has 5 nitrogen and oxygen atoms in total. The van der Waals surface area contributed by atoms with E-state index in [-0.39, 0.29) is 33.0 Å². The van der Waals surface area contributed by atoms with Crippen molar-refractivity contribution in [3.05, 3.63) is 101 Å². The first-order valence-electron chi connectivity index (χ1n) is 10.8. The van der Waals surface area contributed by atoms with Crippen molar-refractivity contribution in [3.63, 3.8) is 0 Å². The number of carbonyl (C=O) groups excluding carboxylic acids is 2. The zero-order chi connectivity index (χ0) is 24.3. The number of nitrogens with one attached hydrogen (secondary N) is 1. The average Bonchev–Trinajstić information content (AvgIpc) is 2.87. The maximum Gasteiger partial charge on any atom is 0.323 e. The molecule has 0 spiro atoms. The fraction of sp³-hybridized carbons (Fsp3) is 0.231. The Labute approximate surface area is 232 Å². The first-order chi connectivity index (χ1) is 16.5. The minimum Gasteiger partial charge on any atom is -0.459 e. The number of rotatable bonds is 11. The van der Waals surface area contributed by atoms with Crippen LogP contribution in [0.5, 0.6) is 0 Å². The van der Waals surface area contributed by atoms with E-state index in [0.717, 1.165) is 21.7 Å². The quantitative estimate of drug-likeness (QED) is 0.168. The standard InChI is InChI=1S/C26H24ClI2NO4/c27-21-12-7-13-22(18-21)30(14-16-33-25(31)23(28)19-8-3-1-4-9-19)15-17-34-26(32)24(29)20-10-5-2-6-11-20/h1-13,18,23-24H,14-17H2/p+1. The SMILES string of the molecule is O=C(OCC[NH+](CCOC(=O)C(I)c1ccccc1)c1cccc(Cl)c1)C(I)c1ccccc1. The number of alkyl halides is 2. The van der Waals surface area contributed by atoms with Crippen LogP contribution in [-0.2, 0) is 19.1 Å². The Morgan fingerprint density at radius 2 is 1.21 bits per heavy atom. The van der Waals surface area contributed by atoms with E-state index >= 15 is 0 Å². The highest BCUT2D eigenvalue weighted by Crippen LogP contribution is 2.25. The largest absolute Gasteiger partial charge is 0.459 e. The van der Waals surface area contributed by atoms with Crippen molar-refractivity contribution in [1.29, 1.82) is 0 Å². The van der Waals surface area contributed by atoms with Crippen LogP contribution in [0.1, 0.15) is 19.0 Å². The molecule has 2 unspecified atom stereocenters. The Kier molecular flexibility index (Phi) is 11.1. The fourth-order valence-electron chi connectivity index (χ4n) is 3.33. The van der Waals surface area contributed by atoms with Gasteiger partial charge in [0.15, 0.2) is 0 Å². The minimum absolute atomic E-state index is 0.236. The molecule has 0 aromatic heterocycles. The lowest BCUT2D eigenvalue weighted by Gasteiger charge is -2.20. The summed E-state index contributed by atoms with van der Waals surface area (Å²) >= 11 is 10.4. The predicted molar refractivity (Wildman–Crippen MR) is 150 cm³/mol. The molecular weight excluding hydrogens is 680 g/mol. The topological polar surface area (TPSA) is 57.0 Å². The van der Waals surface area contributed by atoms with Crippen LogP contribution >= 0.6 is 56.8 Å². The number of benzene rings is 3. The molecule has 0 saturated carbocycles. The molecule has 0 amide bonds. The van der Waals surface area contributed by atoms with Gasteiger partial charge in [-0.3, -0.25) is 14.5 Å². The van der Waals surface area contributed by atoms with E-state index in [2.05, 4.69) is 45.2 Å². The normalized spacial score (nSPS) is 13.5. The van der Waals surface area contributed by atoms with Crippen LogP contribution in [0.3, 0.4) is 0 Å². The van der Waals surface area contributed by atoms with E-state index in [1.807, 2.05) is 84.9 Å². The molecule has 0 aliphatic heterocycles. The monoisotopic (exact) mass is 704 g/mol. The van der Waals surface area contributed by atoms with Crippen molar-refractivity contribution in [1.82, 2.24) is 0 Å². The van der Waals surface area contributed by atoms with Gasteiger partial charge in [0.05, 0.1) is 0 Å². The molecule has 2 atom stereocenters. The molecule has 34 heavy (non-hydrogen) atoms. The van der Waals surface area contributed by atoms with Gasteiger partial charge in [-0.05, 0) is 23.3 Å². The molecule has 8 heteroatoms. The van der Waals surface area contributed by atoms with Gasteiger partial charge in [-0.1, -0.05) is 124 Å². The second-order valence-electron chi connectivity index (χ2n) is 7.50. The summed E-state index contributed by atoms with van der Waals surface area (Å²) in [6, 6.07) is 26.6. The van der Waals surface area contributed by atoms with Gasteiger partial charge in [0.1, 0.15) is 39.8 Å². The maximum atomic E-state index is 12.5. The third-order valence-electron chi connectivity index (χ3n) is 5.13. The summed E-state index contributed by atoms with van der Waals surface area (Å²) in [5.74, 6) is -0.557. The maximum absolute atomic E-state index is 12.5. The van der Waals surface area contributed by atoms with Gasteiger partial charge in [-0.2, -0.15) is 0 Å². The zero-order valence-corrected chi connectivity index (χ0v) is 23.4. The minimum atomic E-state index is -0.368. The van der Waals surface area contributed by atoms with Gasteiger partial charge in [-0.25, -0.2) is 0 Å². The van der Waals surface area contributed by atoms with Crippen LogP contribution in [0, 0.1) is 0 Å². The van der Waals surface area contributed by atoms with Crippen molar-refractivity contribution in [2.24, 2.45) is 0 Å². The molecule has 1 N–H and O–H groups in total. The number of carbonyl (C=O) groups is 2. The summed E-state index contributed by atoms with van der Waals surface area (Å²) in [5.41, 5.74) is 2.76. The first kappa shape index (κ1) is 26.9. The molecule has 3 aromatic rings. The Hall–Kier alpha value is -1.69. The number of hydrogen-bond acceptors (Lipinski definition) is 4. The van der Waals surface area contributed by atoms with Gasteiger partial charge in [0.25, 0.3) is 0 Å². The van der Waals surface area contributed by atoms with E-state index in [1.54, 1.807) is 0 Å². The van der Waals surface area contributed by atoms with Crippen molar-refractivity contribution in [3.8, 4) is 0 Å². The smallest absolute Gasteiger partial charge is 0.323 e. The van der Waals surface area contributed by atoms with E-state index in [9.17, 15) is 9.59 Å². The van der Waals surface area contributed by atoms with Crippen LogP contribution in [-0.4, -0.2) is 38.2 Å². The summed E-state index contributed by atoms with van der Waals surface area (Å²) in [6.07, 6.45) is 0. The van der Waals surface area contributed by atoms with Gasteiger partial charge in [0, 0.05) is 11.1 Å². The molecule has 0 fully saturated rings. The average molecular weight is 705 g/mol. The molecule has 0 aliphatic carbocycles. The highest BCUT2D eigenvalue weighted by atomic mass is 127. The molecular formula is C26H25ClI2NO4+. The van der Waals surface area contributed by atoms with Gasteiger partial charge >= 0.3 is 11.9 Å². The number of hydrogen-bond donors (Lipinski definition) is 1. The zero-order valence-electron chi connectivity index (χ0n) is 18.3. The van der Waals surface area contributed by atoms with E-state index in [1.165, 1.54) is 0 Å². The van der Waals surface area contributed by atoms with E-state index < -0.39 is 0 Å². The van der Waals surface area contributed by atoms with Gasteiger partial charge in [-0.15, -0.1) is 0 Å². The lowest BCUT2D eigenvalue weighted by atomic mass is 10.1. The summed E-state index contributed by atoms with van der Waals surface area (Å²) < 4.78 is 10.4. The van der Waals surface area contributed by atoms with Crippen molar-refractivity contribution in [2.45, 2.75) is 7.85 Å². The van der Waals surface area contributed by atoms with Crippen molar-refractivity contribution < 1.29 is 24.0 Å². The highest BCUT2D eigenvalue weighted by molar-refractivity contribution is 14.1. The molecule has 3 rings (SSSR count). The third kappa shape index (κ3) is 8.21. The lowest BCUT2D eigenvalue weighted by Crippen LogP contribution is -3.08. The number of halogens is 3. The van der Waals surface area contributed by atoms with Crippen LogP contribution in [0.25, 0.3) is 0 Å². The molecule has 0 heterocycles. The summed E-state index contributed by atoms with van der Waals surface area (Å²) in [4.78, 5) is 26.0. The molecule has 0 bridgehead atoms. The van der Waals surface area contributed by atoms with Gasteiger partial charge < -0.3 is 9.47 Å². The van der Waals surface area contributed by atoms with Crippen LogP contribution in [0.4, 0.5) is 5.69 Å². The van der Waals surface area contributed by atoms with Crippen molar-refractivity contribution >= 4 is 74.4 Å². The molecule has 0 radical (unpaired) electrons. The fourth-order valence-corrected chi connectivity index (χ4v) is 4.71. The van der Waals surface area contributed by atoms with Crippen LogP contribution in [0.15, 0.2) is 84.9 Å². The molecule has 178 valence electrons. The predicted octanol–water partition coefficient (Wildman–Crippen LogP) is 5.30. The van der Waals surface area contributed by atoms with Crippen LogP contribution < -0.4 is 4.90 Å². The summed E-state index contributed by atoms with van der Waals surface area (Å²) in [6.45, 7) is 1.52. The third-order valence-corrected chi connectivity index (χ3v) is 7.82. The Balaban J connectivity index is 1.55.